The van der Waals surface area contributed by atoms with E-state index >= 15 is 0 Å². The van der Waals surface area contributed by atoms with Crippen molar-refractivity contribution in [1.82, 2.24) is 10.2 Å². The molecule has 26 heavy (non-hydrogen) atoms. The molecule has 1 aliphatic rings. The van der Waals surface area contributed by atoms with E-state index in [1.165, 1.54) is 25.7 Å². The monoisotopic (exact) mass is 350 g/mol. The van der Waals surface area contributed by atoms with Crippen molar-refractivity contribution in [3.63, 3.8) is 0 Å². The normalized spacial score (nSPS) is 15.2. The molecular weight excluding hydrogens is 324 g/mol. The highest BCUT2D eigenvalue weighted by Crippen LogP contribution is 2.15. The van der Waals surface area contributed by atoms with Gasteiger partial charge in [-0.3, -0.25) is 9.59 Å². The van der Waals surface area contributed by atoms with E-state index in [2.05, 4.69) is 10.2 Å². The fourth-order valence-corrected chi connectivity index (χ4v) is 3.41. The highest BCUT2D eigenvalue weighted by Gasteiger charge is 2.18. The van der Waals surface area contributed by atoms with Gasteiger partial charge in [-0.1, -0.05) is 61.4 Å². The first-order valence-corrected chi connectivity index (χ1v) is 9.45. The van der Waals surface area contributed by atoms with E-state index in [-0.39, 0.29) is 11.7 Å². The molecule has 1 amide bonds. The second-order valence-corrected chi connectivity index (χ2v) is 6.75. The molecule has 1 N–H and O–H groups in total. The summed E-state index contributed by atoms with van der Waals surface area (Å²) in [6, 6.07) is 16.1. The predicted molar refractivity (Wildman–Crippen MR) is 104 cm³/mol. The zero-order valence-corrected chi connectivity index (χ0v) is 15.1. The Bertz CT molecular complexity index is 735. The van der Waals surface area contributed by atoms with Crippen LogP contribution in [0, 0.1) is 0 Å². The van der Waals surface area contributed by atoms with Crippen molar-refractivity contribution >= 4 is 11.7 Å². The number of carbonyl (C=O) groups excluding carboxylic acids is 2. The second-order valence-electron chi connectivity index (χ2n) is 6.75. The van der Waals surface area contributed by atoms with E-state index < -0.39 is 0 Å². The average molecular weight is 350 g/mol. The minimum absolute atomic E-state index is 0.121. The van der Waals surface area contributed by atoms with Gasteiger partial charge in [0.1, 0.15) is 0 Å². The first-order chi connectivity index (χ1) is 12.8. The minimum atomic E-state index is -0.181. The molecule has 1 heterocycles. The first-order valence-electron chi connectivity index (χ1n) is 9.45. The maximum absolute atomic E-state index is 12.7. The summed E-state index contributed by atoms with van der Waals surface area (Å²) in [5, 5.41) is 2.98. The van der Waals surface area contributed by atoms with Crippen LogP contribution in [0.2, 0.25) is 0 Å². The topological polar surface area (TPSA) is 49.4 Å². The van der Waals surface area contributed by atoms with Crippen LogP contribution in [0.5, 0.6) is 0 Å². The van der Waals surface area contributed by atoms with Crippen molar-refractivity contribution in [1.29, 1.82) is 0 Å². The number of rotatable bonds is 6. The molecule has 2 aromatic carbocycles. The number of nitrogens with one attached hydrogen (secondary N) is 1. The fraction of sp³-hybridized carbons (Fsp3) is 0.364. The first kappa shape index (κ1) is 18.3. The highest BCUT2D eigenvalue weighted by atomic mass is 16.2. The SMILES string of the molecule is O=C(NCCN1CCCCCC1)c1ccccc1C(=O)c1ccccc1. The Kier molecular flexibility index (Phi) is 6.56. The van der Waals surface area contributed by atoms with Gasteiger partial charge in [0.25, 0.3) is 5.91 Å². The molecule has 0 unspecified atom stereocenters. The Morgan fingerprint density at radius 2 is 1.42 bits per heavy atom. The van der Waals surface area contributed by atoms with Crippen LogP contribution in [0.1, 0.15) is 52.0 Å². The van der Waals surface area contributed by atoms with E-state index in [4.69, 9.17) is 0 Å². The summed E-state index contributed by atoms with van der Waals surface area (Å²) in [6.45, 7) is 3.69. The van der Waals surface area contributed by atoms with Gasteiger partial charge in [-0.05, 0) is 32.0 Å². The highest BCUT2D eigenvalue weighted by molar-refractivity contribution is 6.15. The number of ketones is 1. The maximum Gasteiger partial charge on any atom is 0.252 e. The number of nitrogens with zero attached hydrogens (tertiary/aromatic N) is 1. The molecule has 0 atom stereocenters. The van der Waals surface area contributed by atoms with Crippen LogP contribution in [0.3, 0.4) is 0 Å². The van der Waals surface area contributed by atoms with E-state index in [1.807, 2.05) is 18.2 Å². The standard InChI is InChI=1S/C22H26N2O2/c25-21(18-10-4-3-5-11-18)19-12-6-7-13-20(19)22(26)23-14-17-24-15-8-1-2-9-16-24/h3-7,10-13H,1-2,8-9,14-17H2,(H,23,26). The molecule has 1 saturated heterocycles. The van der Waals surface area contributed by atoms with E-state index in [1.54, 1.807) is 36.4 Å². The Labute approximate surface area is 155 Å². The fourth-order valence-electron chi connectivity index (χ4n) is 3.41. The molecule has 1 fully saturated rings. The zero-order chi connectivity index (χ0) is 18.2. The third kappa shape index (κ3) is 4.79. The summed E-state index contributed by atoms with van der Waals surface area (Å²) in [5.74, 6) is -0.302. The van der Waals surface area contributed by atoms with Crippen LogP contribution in [0.15, 0.2) is 54.6 Å². The Hall–Kier alpha value is -2.46. The third-order valence-corrected chi connectivity index (χ3v) is 4.86. The molecule has 0 aliphatic carbocycles. The minimum Gasteiger partial charge on any atom is -0.351 e. The number of benzene rings is 2. The lowest BCUT2D eigenvalue weighted by Gasteiger charge is -2.20. The zero-order valence-electron chi connectivity index (χ0n) is 15.1. The van der Waals surface area contributed by atoms with Crippen LogP contribution in [0.4, 0.5) is 0 Å². The molecule has 4 nitrogen and oxygen atoms in total. The van der Waals surface area contributed by atoms with Gasteiger partial charge >= 0.3 is 0 Å². The van der Waals surface area contributed by atoms with Crippen molar-refractivity contribution < 1.29 is 9.59 Å². The number of likely N-dealkylation sites (tertiary alicyclic amines) is 1. The lowest BCUT2D eigenvalue weighted by Crippen LogP contribution is -2.36. The summed E-state index contributed by atoms with van der Waals surface area (Å²) < 4.78 is 0. The molecular formula is C22H26N2O2. The van der Waals surface area contributed by atoms with Gasteiger partial charge in [-0.15, -0.1) is 0 Å². The van der Waals surface area contributed by atoms with Gasteiger partial charge in [0.05, 0.1) is 5.56 Å². The number of carbonyl (C=O) groups is 2. The molecule has 1 aliphatic heterocycles. The number of hydrogen-bond donors (Lipinski definition) is 1. The van der Waals surface area contributed by atoms with Gasteiger partial charge in [0.2, 0.25) is 0 Å². The van der Waals surface area contributed by atoms with Gasteiger partial charge < -0.3 is 10.2 Å². The van der Waals surface area contributed by atoms with Gasteiger partial charge in [0.15, 0.2) is 5.78 Å². The smallest absolute Gasteiger partial charge is 0.252 e. The molecule has 0 bridgehead atoms. The molecule has 0 saturated carbocycles. The second kappa shape index (κ2) is 9.30. The van der Waals surface area contributed by atoms with E-state index in [9.17, 15) is 9.59 Å². The predicted octanol–water partition coefficient (Wildman–Crippen LogP) is 3.52. The molecule has 136 valence electrons. The largest absolute Gasteiger partial charge is 0.351 e. The Morgan fingerprint density at radius 1 is 0.808 bits per heavy atom. The lowest BCUT2D eigenvalue weighted by molar-refractivity contribution is 0.0937. The van der Waals surface area contributed by atoms with E-state index in [0.29, 0.717) is 23.2 Å². The lowest BCUT2D eigenvalue weighted by atomic mass is 9.98. The summed E-state index contributed by atoms with van der Waals surface area (Å²) >= 11 is 0. The number of hydrogen-bond acceptors (Lipinski definition) is 3. The van der Waals surface area contributed by atoms with Crippen molar-refractivity contribution in [3.05, 3.63) is 71.3 Å². The summed E-state index contributed by atoms with van der Waals surface area (Å²) in [5.41, 5.74) is 1.49. The summed E-state index contributed by atoms with van der Waals surface area (Å²) in [6.07, 6.45) is 5.08. The molecule has 0 aromatic heterocycles. The van der Waals surface area contributed by atoms with Gasteiger partial charge in [0, 0.05) is 24.2 Å². The molecule has 2 aromatic rings. The van der Waals surface area contributed by atoms with Crippen LogP contribution >= 0.6 is 0 Å². The Balaban J connectivity index is 1.63. The average Bonchev–Trinajstić information content (AvgIpc) is 2.97. The number of amides is 1. The van der Waals surface area contributed by atoms with Gasteiger partial charge in [-0.2, -0.15) is 0 Å². The van der Waals surface area contributed by atoms with Crippen molar-refractivity contribution in [2.24, 2.45) is 0 Å². The van der Waals surface area contributed by atoms with Gasteiger partial charge in [-0.25, -0.2) is 0 Å². The Morgan fingerprint density at radius 3 is 2.12 bits per heavy atom. The molecule has 0 radical (unpaired) electrons. The van der Waals surface area contributed by atoms with Crippen LogP contribution in [-0.4, -0.2) is 42.8 Å². The summed E-state index contributed by atoms with van der Waals surface area (Å²) in [7, 11) is 0. The van der Waals surface area contributed by atoms with E-state index in [0.717, 1.165) is 19.6 Å². The van der Waals surface area contributed by atoms with Crippen LogP contribution in [-0.2, 0) is 0 Å². The molecule has 4 heteroatoms. The quantitative estimate of drug-likeness (QED) is 0.811. The molecule has 3 rings (SSSR count). The summed E-state index contributed by atoms with van der Waals surface area (Å²) in [4.78, 5) is 27.8. The van der Waals surface area contributed by atoms with Crippen LogP contribution < -0.4 is 5.32 Å². The van der Waals surface area contributed by atoms with Crippen LogP contribution in [0.25, 0.3) is 0 Å². The molecule has 0 spiro atoms. The van der Waals surface area contributed by atoms with Crippen molar-refractivity contribution in [2.45, 2.75) is 25.7 Å². The van der Waals surface area contributed by atoms with Crippen molar-refractivity contribution in [3.8, 4) is 0 Å². The maximum atomic E-state index is 12.7. The third-order valence-electron chi connectivity index (χ3n) is 4.86. The van der Waals surface area contributed by atoms with Crippen molar-refractivity contribution in [2.75, 3.05) is 26.2 Å².